The number of aromatic nitrogens is 4. The summed E-state index contributed by atoms with van der Waals surface area (Å²) in [7, 11) is 1.37. The second-order valence-electron chi connectivity index (χ2n) is 7.89. The van der Waals surface area contributed by atoms with Gasteiger partial charge in [-0.2, -0.15) is 18.3 Å². The number of aryl methyl sites for hydroxylation is 1. The van der Waals surface area contributed by atoms with Crippen molar-refractivity contribution in [2.24, 2.45) is 0 Å². The first-order valence-electron chi connectivity index (χ1n) is 10.7. The number of rotatable bonds is 6. The highest BCUT2D eigenvalue weighted by atomic mass is 19.4. The van der Waals surface area contributed by atoms with Crippen LogP contribution in [0.1, 0.15) is 34.1 Å². The number of carbonyl (C=O) groups excluding carboxylic acids is 2. The Morgan fingerprint density at radius 2 is 1.89 bits per heavy atom. The van der Waals surface area contributed by atoms with Gasteiger partial charge in [0.05, 0.1) is 30.3 Å². The Labute approximate surface area is 203 Å². The summed E-state index contributed by atoms with van der Waals surface area (Å²) >= 11 is 0. The molecule has 36 heavy (non-hydrogen) atoms. The van der Waals surface area contributed by atoms with Crippen molar-refractivity contribution in [1.29, 1.82) is 0 Å². The summed E-state index contributed by atoms with van der Waals surface area (Å²) in [6.07, 6.45) is -2.93. The van der Waals surface area contributed by atoms with Gasteiger partial charge in [-0.15, -0.1) is 0 Å². The first-order valence-corrected chi connectivity index (χ1v) is 10.7. The summed E-state index contributed by atoms with van der Waals surface area (Å²) in [6.45, 7) is 2.97. The predicted octanol–water partition coefficient (Wildman–Crippen LogP) is 4.02. The molecule has 2 amide bonds. The number of pyridine rings is 1. The second kappa shape index (κ2) is 9.64. The van der Waals surface area contributed by atoms with Gasteiger partial charge in [0, 0.05) is 19.0 Å². The molecule has 3 aromatic heterocycles. The highest BCUT2D eigenvalue weighted by Crippen LogP contribution is 2.30. The van der Waals surface area contributed by atoms with Crippen LogP contribution in [0, 0.1) is 6.92 Å². The first kappa shape index (κ1) is 24.6. The number of nitrogens with zero attached hydrogens (tertiary/aromatic N) is 4. The van der Waals surface area contributed by atoms with Crippen LogP contribution in [0.2, 0.25) is 0 Å². The Balaban J connectivity index is 1.62. The zero-order valence-corrected chi connectivity index (χ0v) is 19.5. The summed E-state index contributed by atoms with van der Waals surface area (Å²) in [4.78, 5) is 32.9. The van der Waals surface area contributed by atoms with Crippen molar-refractivity contribution in [1.82, 2.24) is 24.9 Å². The van der Waals surface area contributed by atoms with Crippen LogP contribution in [-0.2, 0) is 17.5 Å². The van der Waals surface area contributed by atoms with Gasteiger partial charge >= 0.3 is 6.18 Å². The van der Waals surface area contributed by atoms with E-state index < -0.39 is 17.6 Å². The number of amides is 2. The summed E-state index contributed by atoms with van der Waals surface area (Å²) in [5.74, 6) is -0.440. The number of hydrogen-bond donors (Lipinski definition) is 2. The Morgan fingerprint density at radius 1 is 1.11 bits per heavy atom. The lowest BCUT2D eigenvalue weighted by Crippen LogP contribution is -2.24. The number of halogens is 3. The van der Waals surface area contributed by atoms with E-state index in [1.807, 2.05) is 0 Å². The highest BCUT2D eigenvalue weighted by Gasteiger charge is 2.30. The maximum atomic E-state index is 13.0. The number of nitrogens with one attached hydrogen (secondary N) is 2. The van der Waals surface area contributed by atoms with Crippen LogP contribution in [0.5, 0.6) is 5.88 Å². The summed E-state index contributed by atoms with van der Waals surface area (Å²) in [5, 5.41) is 9.70. The summed E-state index contributed by atoms with van der Waals surface area (Å²) < 4.78 is 45.7. The number of imidazole rings is 1. The molecule has 0 atom stereocenters. The Kier molecular flexibility index (Phi) is 6.60. The number of anilines is 1. The number of hydrogen-bond acceptors (Lipinski definition) is 6. The second-order valence-corrected chi connectivity index (χ2v) is 7.89. The van der Waals surface area contributed by atoms with Gasteiger partial charge in [-0.1, -0.05) is 12.1 Å². The highest BCUT2D eigenvalue weighted by molar-refractivity contribution is 5.97. The Hall–Kier alpha value is -4.48. The lowest BCUT2D eigenvalue weighted by atomic mass is 10.1. The minimum atomic E-state index is -4.48. The van der Waals surface area contributed by atoms with Crippen LogP contribution in [0.4, 0.5) is 19.0 Å². The van der Waals surface area contributed by atoms with Gasteiger partial charge in [0.1, 0.15) is 5.56 Å². The molecule has 1 aromatic carbocycles. The third-order valence-corrected chi connectivity index (χ3v) is 5.22. The van der Waals surface area contributed by atoms with Crippen LogP contribution >= 0.6 is 0 Å². The van der Waals surface area contributed by atoms with Crippen LogP contribution in [0.15, 0.2) is 48.7 Å². The van der Waals surface area contributed by atoms with Crippen molar-refractivity contribution in [2.45, 2.75) is 26.6 Å². The van der Waals surface area contributed by atoms with Crippen LogP contribution in [0.25, 0.3) is 16.9 Å². The van der Waals surface area contributed by atoms with Crippen molar-refractivity contribution in [2.75, 3.05) is 12.4 Å². The molecule has 0 unspecified atom stereocenters. The molecule has 0 radical (unpaired) electrons. The summed E-state index contributed by atoms with van der Waals surface area (Å²) in [5.41, 5.74) is 1.64. The van der Waals surface area contributed by atoms with E-state index in [0.29, 0.717) is 34.0 Å². The van der Waals surface area contributed by atoms with E-state index in [9.17, 15) is 22.8 Å². The lowest BCUT2D eigenvalue weighted by Gasteiger charge is -2.13. The molecule has 0 aliphatic rings. The van der Waals surface area contributed by atoms with Gasteiger partial charge in [-0.3, -0.25) is 9.59 Å². The third-order valence-electron chi connectivity index (χ3n) is 5.22. The fourth-order valence-corrected chi connectivity index (χ4v) is 3.56. The Morgan fingerprint density at radius 3 is 2.58 bits per heavy atom. The minimum Gasteiger partial charge on any atom is -0.480 e. The molecule has 0 bridgehead atoms. The number of fused-ring (bicyclic) bond motifs is 1. The molecule has 0 saturated heterocycles. The maximum absolute atomic E-state index is 13.0. The fourth-order valence-electron chi connectivity index (χ4n) is 3.56. The molecule has 0 saturated carbocycles. The van der Waals surface area contributed by atoms with Crippen molar-refractivity contribution in [3.8, 4) is 17.1 Å². The zero-order valence-electron chi connectivity index (χ0n) is 19.5. The molecule has 0 fully saturated rings. The van der Waals surface area contributed by atoms with E-state index in [-0.39, 0.29) is 23.9 Å². The monoisotopic (exact) mass is 498 g/mol. The van der Waals surface area contributed by atoms with Gasteiger partial charge in [0.25, 0.3) is 5.91 Å². The predicted molar refractivity (Wildman–Crippen MR) is 124 cm³/mol. The van der Waals surface area contributed by atoms with Crippen molar-refractivity contribution in [3.63, 3.8) is 0 Å². The molecule has 0 aliphatic heterocycles. The third kappa shape index (κ3) is 5.27. The molecular weight excluding hydrogens is 477 g/mol. The number of alkyl halides is 3. The molecule has 12 heteroatoms. The van der Waals surface area contributed by atoms with E-state index >= 15 is 0 Å². The van der Waals surface area contributed by atoms with Gasteiger partial charge in [-0.05, 0) is 42.8 Å². The van der Waals surface area contributed by atoms with Crippen LogP contribution < -0.4 is 15.4 Å². The molecule has 4 rings (SSSR count). The van der Waals surface area contributed by atoms with E-state index in [1.54, 1.807) is 31.3 Å². The standard InChI is InChI=1S/C24H21F3N6O3/c1-13-17(19-7-8-21-31-20(30-14(2)34)12-33(21)32-19)10-18(23(29-13)36-3)22(35)28-11-15-5-4-6-16(9-15)24(25,26)27/h4-10,12H,11H2,1-3H3,(H,28,35)(H,30,34). The average Bonchev–Trinajstić information content (AvgIpc) is 3.22. The van der Waals surface area contributed by atoms with Gasteiger partial charge in [0.2, 0.25) is 11.8 Å². The minimum absolute atomic E-state index is 0.0643. The first-order chi connectivity index (χ1) is 17.0. The molecule has 3 heterocycles. The number of methoxy groups -OCH3 is 1. The summed E-state index contributed by atoms with van der Waals surface area (Å²) in [6, 6.07) is 9.67. The molecule has 186 valence electrons. The van der Waals surface area contributed by atoms with E-state index in [2.05, 4.69) is 25.7 Å². The van der Waals surface area contributed by atoms with Crippen LogP contribution in [0.3, 0.4) is 0 Å². The largest absolute Gasteiger partial charge is 0.480 e. The van der Waals surface area contributed by atoms with Crippen LogP contribution in [-0.4, -0.2) is 38.5 Å². The van der Waals surface area contributed by atoms with Crippen molar-refractivity contribution >= 4 is 23.3 Å². The molecule has 4 aromatic rings. The zero-order chi connectivity index (χ0) is 26.0. The molecule has 0 spiro atoms. The van der Waals surface area contributed by atoms with Gasteiger partial charge in [0.15, 0.2) is 11.5 Å². The topological polar surface area (TPSA) is 111 Å². The normalized spacial score (nSPS) is 11.4. The molecule has 0 aliphatic carbocycles. The Bertz CT molecular complexity index is 1470. The van der Waals surface area contributed by atoms with Gasteiger partial charge < -0.3 is 15.4 Å². The quantitative estimate of drug-likeness (QED) is 0.416. The maximum Gasteiger partial charge on any atom is 0.416 e. The molecular formula is C24H21F3N6O3. The van der Waals surface area contributed by atoms with E-state index in [4.69, 9.17) is 4.74 Å². The van der Waals surface area contributed by atoms with Gasteiger partial charge in [-0.25, -0.2) is 14.5 Å². The number of benzene rings is 1. The number of ether oxygens (including phenoxy) is 1. The molecule has 9 nitrogen and oxygen atoms in total. The average molecular weight is 498 g/mol. The SMILES string of the molecule is COc1nc(C)c(-c2ccc3nc(NC(C)=O)cn3n2)cc1C(=O)NCc1cccc(C(F)(F)F)c1. The lowest BCUT2D eigenvalue weighted by molar-refractivity contribution is -0.137. The van der Waals surface area contributed by atoms with Crippen molar-refractivity contribution in [3.05, 3.63) is 71.0 Å². The van der Waals surface area contributed by atoms with E-state index in [1.165, 1.54) is 30.7 Å². The smallest absolute Gasteiger partial charge is 0.416 e. The number of carbonyl (C=O) groups is 2. The molecule has 2 N–H and O–H groups in total. The fraction of sp³-hybridized carbons (Fsp3) is 0.208. The van der Waals surface area contributed by atoms with E-state index in [0.717, 1.165) is 12.1 Å². The van der Waals surface area contributed by atoms with Crippen molar-refractivity contribution < 1.29 is 27.5 Å².